The van der Waals surface area contributed by atoms with Gasteiger partial charge in [0.05, 0.1) is 23.5 Å². The lowest BCUT2D eigenvalue weighted by atomic mass is 9.51. The van der Waals surface area contributed by atoms with E-state index in [4.69, 9.17) is 0 Å². The molecule has 3 heterocycles. The smallest absolute Gasteiger partial charge is 0.279 e. The van der Waals surface area contributed by atoms with Crippen LogP contribution in [0.3, 0.4) is 0 Å². The van der Waals surface area contributed by atoms with E-state index < -0.39 is 0 Å². The molecule has 2 nitrogen and oxygen atoms in total. The van der Waals surface area contributed by atoms with Gasteiger partial charge in [-0.2, -0.15) is 0 Å². The molecule has 3 aliphatic heterocycles. The number of hydrogen-bond donors (Lipinski definition) is 0. The van der Waals surface area contributed by atoms with Crippen LogP contribution < -0.4 is 36.6 Å². The van der Waals surface area contributed by atoms with E-state index in [2.05, 4.69) is 132 Å². The van der Waals surface area contributed by atoms with Gasteiger partial charge in [-0.15, -0.1) is 0 Å². The zero-order valence-corrected chi connectivity index (χ0v) is 24.0. The molecule has 9 rings (SSSR count). The van der Waals surface area contributed by atoms with Crippen LogP contribution in [0.15, 0.2) is 103 Å². The Labute approximate surface area is 243 Å². The summed E-state index contributed by atoms with van der Waals surface area (Å²) in [5, 5.41) is 5.44. The minimum atomic E-state index is 0.185. The first-order valence-electron chi connectivity index (χ1n) is 14.0. The predicted octanol–water partition coefficient (Wildman–Crippen LogP) is 4.41. The summed E-state index contributed by atoms with van der Waals surface area (Å²) < 4.78 is 0. The summed E-state index contributed by atoms with van der Waals surface area (Å²) in [5.74, 6) is 0.595. The fourth-order valence-corrected chi connectivity index (χ4v) is 9.82. The second kappa shape index (κ2) is 8.52. The Balaban J connectivity index is 1.50. The van der Waals surface area contributed by atoms with E-state index in [0.29, 0.717) is 5.99 Å². The third-order valence-corrected chi connectivity index (χ3v) is 11.3. The Bertz CT molecular complexity index is 2010. The molecule has 0 saturated carbocycles. The molecule has 5 aromatic carbocycles. The van der Waals surface area contributed by atoms with Gasteiger partial charge in [-0.1, -0.05) is 96.5 Å². The van der Waals surface area contributed by atoms with Gasteiger partial charge < -0.3 is 9.80 Å². The molecule has 1 aliphatic carbocycles. The van der Waals surface area contributed by atoms with Crippen LogP contribution in [-0.2, 0) is 0 Å². The molecular formula is C34H26B2N2S2. The second-order valence-corrected chi connectivity index (χ2v) is 13.0. The lowest BCUT2D eigenvalue weighted by Crippen LogP contribution is -2.67. The van der Waals surface area contributed by atoms with Crippen LogP contribution >= 0.6 is 23.2 Å². The van der Waals surface area contributed by atoms with Crippen LogP contribution in [0, 0.1) is 0 Å². The average Bonchev–Trinajstić information content (AvgIpc) is 3.01. The van der Waals surface area contributed by atoms with Crippen LogP contribution in [0.4, 0.5) is 22.7 Å². The Kier molecular flexibility index (Phi) is 4.95. The Hall–Kier alpha value is -3.47. The third kappa shape index (κ3) is 2.86. The molecule has 0 aromatic heterocycles. The van der Waals surface area contributed by atoms with Crippen molar-refractivity contribution in [3.05, 3.63) is 114 Å². The molecule has 0 amide bonds. The molecule has 2 unspecified atom stereocenters. The number of hydrogen-bond acceptors (Lipinski definition) is 4. The largest absolute Gasteiger partial charge is 0.331 e. The predicted molar refractivity (Wildman–Crippen MR) is 180 cm³/mol. The Morgan fingerprint density at radius 3 is 2.10 bits per heavy atom. The van der Waals surface area contributed by atoms with E-state index in [1.807, 2.05) is 23.2 Å². The molecular weight excluding hydrogens is 522 g/mol. The standard InChI is InChI=1S/C34H26B2N2S2/c1-39-35-25-15-7-9-17-27(25)37-30-20-22-12-4-6-14-24(22)32-34(30)38(28-18-10-8-16-26(28)36(32)40-2)29-19-21-11-3-5-13-23(21)31(35)33(29)37/h3-20,29,33H,1-2H3. The number of rotatable bonds is 2. The fraction of sp³-hybridized carbons (Fsp3) is 0.118. The Morgan fingerprint density at radius 1 is 0.650 bits per heavy atom. The maximum Gasteiger partial charge on any atom is 0.279 e. The number of para-hydroxylation sites is 2. The normalized spacial score (nSPS) is 19.4. The molecule has 4 aliphatic rings. The second-order valence-electron chi connectivity index (χ2n) is 11.1. The topological polar surface area (TPSA) is 6.48 Å². The summed E-state index contributed by atoms with van der Waals surface area (Å²) in [5.41, 5.74) is 11.3. The molecule has 6 heteroatoms. The number of anilines is 4. The molecule has 0 N–H and O–H groups in total. The van der Waals surface area contributed by atoms with Crippen molar-refractivity contribution in [1.29, 1.82) is 0 Å². The highest BCUT2D eigenvalue weighted by molar-refractivity contribution is 8.28. The molecule has 190 valence electrons. The van der Waals surface area contributed by atoms with E-state index in [1.54, 1.807) is 5.47 Å². The van der Waals surface area contributed by atoms with Crippen LogP contribution in [0.1, 0.15) is 0 Å². The summed E-state index contributed by atoms with van der Waals surface area (Å²) in [6, 6.07) is 39.2. The van der Waals surface area contributed by atoms with Crippen LogP contribution in [0.5, 0.6) is 0 Å². The van der Waals surface area contributed by atoms with E-state index in [-0.39, 0.29) is 18.1 Å². The van der Waals surface area contributed by atoms with Crippen molar-refractivity contribution in [2.45, 2.75) is 12.1 Å². The van der Waals surface area contributed by atoms with Crippen LogP contribution in [0.25, 0.3) is 22.3 Å². The number of nitrogens with zero attached hydrogens (tertiary/aromatic N) is 2. The van der Waals surface area contributed by atoms with Crippen LogP contribution in [-0.4, -0.2) is 36.6 Å². The van der Waals surface area contributed by atoms with Gasteiger partial charge in [0.2, 0.25) is 0 Å². The molecule has 0 saturated heterocycles. The minimum absolute atomic E-state index is 0.185. The lowest BCUT2D eigenvalue weighted by Gasteiger charge is -2.56. The molecule has 0 bridgehead atoms. The van der Waals surface area contributed by atoms with E-state index in [9.17, 15) is 0 Å². The first-order valence-corrected chi connectivity index (χ1v) is 16.6. The highest BCUT2D eigenvalue weighted by Crippen LogP contribution is 2.52. The van der Waals surface area contributed by atoms with Gasteiger partial charge in [0.15, 0.2) is 0 Å². The summed E-state index contributed by atoms with van der Waals surface area (Å²) in [6.45, 7) is 0. The summed E-state index contributed by atoms with van der Waals surface area (Å²) in [7, 11) is 0. The third-order valence-electron chi connectivity index (χ3n) is 9.36. The molecule has 0 spiro atoms. The van der Waals surface area contributed by atoms with E-state index >= 15 is 0 Å². The highest BCUT2D eigenvalue weighted by Gasteiger charge is 2.52. The van der Waals surface area contributed by atoms with Crippen molar-refractivity contribution in [3.63, 3.8) is 0 Å². The summed E-state index contributed by atoms with van der Waals surface area (Å²) in [4.78, 5) is 5.42. The molecule has 2 atom stereocenters. The van der Waals surface area contributed by atoms with Crippen molar-refractivity contribution in [2.75, 3.05) is 22.3 Å². The fourth-order valence-electron chi connectivity index (χ4n) is 7.92. The first-order chi connectivity index (χ1) is 19.8. The van der Waals surface area contributed by atoms with Crippen molar-refractivity contribution in [2.24, 2.45) is 0 Å². The van der Waals surface area contributed by atoms with Gasteiger partial charge in [-0.05, 0) is 68.3 Å². The van der Waals surface area contributed by atoms with Gasteiger partial charge in [-0.3, -0.25) is 0 Å². The molecule has 0 fully saturated rings. The Morgan fingerprint density at radius 2 is 1.30 bits per heavy atom. The van der Waals surface area contributed by atoms with Crippen molar-refractivity contribution < 1.29 is 0 Å². The summed E-state index contributed by atoms with van der Waals surface area (Å²) >= 11 is 3.93. The van der Waals surface area contributed by atoms with Crippen molar-refractivity contribution in [3.8, 4) is 0 Å². The number of fused-ring (bicyclic) bond motifs is 9. The summed E-state index contributed by atoms with van der Waals surface area (Å²) in [6.07, 6.45) is 7.10. The lowest BCUT2D eigenvalue weighted by molar-refractivity contribution is 0.676. The average molecular weight is 548 g/mol. The van der Waals surface area contributed by atoms with E-state index in [0.717, 1.165) is 0 Å². The monoisotopic (exact) mass is 548 g/mol. The minimum Gasteiger partial charge on any atom is -0.331 e. The van der Waals surface area contributed by atoms with Crippen LogP contribution in [0.2, 0.25) is 0 Å². The van der Waals surface area contributed by atoms with Gasteiger partial charge in [-0.25, -0.2) is 23.2 Å². The quantitative estimate of drug-likeness (QED) is 0.302. The molecule has 5 aromatic rings. The van der Waals surface area contributed by atoms with Gasteiger partial charge >= 0.3 is 0 Å². The van der Waals surface area contributed by atoms with Gasteiger partial charge in [0.1, 0.15) is 0 Å². The highest BCUT2D eigenvalue weighted by atomic mass is 32.2. The molecule has 40 heavy (non-hydrogen) atoms. The maximum absolute atomic E-state index is 2.71. The van der Waals surface area contributed by atoms with Gasteiger partial charge in [0.25, 0.3) is 12.0 Å². The SMILES string of the molecule is CSB1C2=c3ccccc3=CC3C2N(c2ccccc21)c1cc2ccccc2c2c1N3c1ccccc1B2SC. The zero-order valence-electron chi connectivity index (χ0n) is 22.4. The number of benzene rings is 5. The maximum atomic E-state index is 2.71. The van der Waals surface area contributed by atoms with Gasteiger partial charge in [0, 0.05) is 11.4 Å². The molecule has 0 radical (unpaired) electrons. The zero-order chi connectivity index (χ0) is 26.5. The van der Waals surface area contributed by atoms with Crippen molar-refractivity contribution >= 4 is 96.7 Å². The first kappa shape index (κ1) is 23.3. The van der Waals surface area contributed by atoms with Crippen molar-refractivity contribution in [1.82, 2.24) is 0 Å². The van der Waals surface area contributed by atoms with E-state index in [1.165, 1.54) is 60.3 Å².